The molecule has 1 aliphatic heterocycles. The first kappa shape index (κ1) is 16.0. The van der Waals surface area contributed by atoms with E-state index in [1.165, 1.54) is 7.11 Å². The van der Waals surface area contributed by atoms with Crippen LogP contribution in [0.5, 0.6) is 0 Å². The minimum Gasteiger partial charge on any atom is -0.453 e. The number of anilines is 1. The second kappa shape index (κ2) is 7.12. The van der Waals surface area contributed by atoms with Gasteiger partial charge in [-0.25, -0.2) is 4.79 Å². The number of aromatic amines is 1. The summed E-state index contributed by atoms with van der Waals surface area (Å²) in [5, 5.41) is 9.81. The molecule has 2 N–H and O–H groups in total. The number of rotatable bonds is 3. The molecule has 1 atom stereocenters. The number of H-pyrrole nitrogens is 1. The van der Waals surface area contributed by atoms with Crippen molar-refractivity contribution in [1.82, 2.24) is 20.1 Å². The third-order valence-corrected chi connectivity index (χ3v) is 4.05. The Labute approximate surface area is 139 Å². The molecule has 8 nitrogen and oxygen atoms in total. The number of piperidine rings is 1. The van der Waals surface area contributed by atoms with E-state index in [4.69, 9.17) is 4.74 Å². The predicted octanol–water partition coefficient (Wildman–Crippen LogP) is 1.89. The van der Waals surface area contributed by atoms with Gasteiger partial charge in [0.05, 0.1) is 18.7 Å². The van der Waals surface area contributed by atoms with Gasteiger partial charge in [0.25, 0.3) is 0 Å². The van der Waals surface area contributed by atoms with E-state index in [-0.39, 0.29) is 11.8 Å². The summed E-state index contributed by atoms with van der Waals surface area (Å²) in [4.78, 5) is 29.5. The highest BCUT2D eigenvalue weighted by Gasteiger charge is 2.29. The van der Waals surface area contributed by atoms with Crippen LogP contribution in [-0.2, 0) is 9.53 Å². The molecule has 1 fully saturated rings. The smallest absolute Gasteiger partial charge is 0.409 e. The molecule has 3 heterocycles. The van der Waals surface area contributed by atoms with E-state index in [2.05, 4.69) is 20.5 Å². The number of hydrogen-bond donors (Lipinski definition) is 2. The summed E-state index contributed by atoms with van der Waals surface area (Å²) >= 11 is 0. The molecular formula is C16H19N5O3. The maximum atomic E-state index is 12.4. The number of nitrogens with zero attached hydrogens (tertiary/aromatic N) is 3. The van der Waals surface area contributed by atoms with Crippen molar-refractivity contribution < 1.29 is 14.3 Å². The number of methoxy groups -OCH3 is 1. The maximum absolute atomic E-state index is 12.4. The minimum absolute atomic E-state index is 0.142. The molecule has 0 aromatic carbocycles. The summed E-state index contributed by atoms with van der Waals surface area (Å²) in [6.45, 7) is 0.977. The molecule has 1 saturated heterocycles. The Bertz CT molecular complexity index is 716. The van der Waals surface area contributed by atoms with Crippen molar-refractivity contribution >= 4 is 17.8 Å². The average molecular weight is 329 g/mol. The number of carbonyl (C=O) groups excluding carboxylic acids is 2. The van der Waals surface area contributed by atoms with Crippen LogP contribution in [0.3, 0.4) is 0 Å². The van der Waals surface area contributed by atoms with Crippen LogP contribution >= 0.6 is 0 Å². The van der Waals surface area contributed by atoms with Crippen molar-refractivity contribution in [3.05, 3.63) is 30.6 Å². The molecule has 24 heavy (non-hydrogen) atoms. The van der Waals surface area contributed by atoms with Crippen LogP contribution in [0.4, 0.5) is 10.6 Å². The van der Waals surface area contributed by atoms with Gasteiger partial charge in [0.15, 0.2) is 5.82 Å². The first-order valence-corrected chi connectivity index (χ1v) is 7.77. The molecule has 2 aromatic rings. The average Bonchev–Trinajstić information content (AvgIpc) is 3.10. The lowest BCUT2D eigenvalue weighted by Crippen LogP contribution is -2.43. The molecule has 8 heteroatoms. The molecule has 0 spiro atoms. The molecule has 0 saturated carbocycles. The van der Waals surface area contributed by atoms with Gasteiger partial charge in [-0.3, -0.25) is 14.9 Å². The molecule has 0 aliphatic carbocycles. The molecule has 126 valence electrons. The summed E-state index contributed by atoms with van der Waals surface area (Å²) in [5.74, 6) is 0.0531. The highest BCUT2D eigenvalue weighted by atomic mass is 16.5. The molecule has 1 aliphatic rings. The van der Waals surface area contributed by atoms with E-state index in [0.29, 0.717) is 18.9 Å². The van der Waals surface area contributed by atoms with Crippen LogP contribution in [0.15, 0.2) is 30.6 Å². The summed E-state index contributed by atoms with van der Waals surface area (Å²) in [5.41, 5.74) is 1.74. The summed E-state index contributed by atoms with van der Waals surface area (Å²) in [6, 6.07) is 5.48. The molecule has 0 unspecified atom stereocenters. The number of nitrogens with one attached hydrogen (secondary N) is 2. The minimum atomic E-state index is -0.396. The summed E-state index contributed by atoms with van der Waals surface area (Å²) in [7, 11) is 1.34. The quantitative estimate of drug-likeness (QED) is 0.895. The fraction of sp³-hybridized carbons (Fsp3) is 0.375. The van der Waals surface area contributed by atoms with Crippen LogP contribution in [0.1, 0.15) is 12.8 Å². The van der Waals surface area contributed by atoms with Crippen molar-refractivity contribution in [3.8, 4) is 11.3 Å². The number of amides is 2. The summed E-state index contributed by atoms with van der Waals surface area (Å²) in [6.07, 6.45) is 4.50. The van der Waals surface area contributed by atoms with E-state index in [1.807, 2.05) is 12.1 Å². The third-order valence-electron chi connectivity index (χ3n) is 4.05. The van der Waals surface area contributed by atoms with Crippen LogP contribution in [0.25, 0.3) is 11.3 Å². The fourth-order valence-corrected chi connectivity index (χ4v) is 2.78. The van der Waals surface area contributed by atoms with Crippen molar-refractivity contribution in [2.24, 2.45) is 5.92 Å². The van der Waals surface area contributed by atoms with Crippen LogP contribution in [-0.4, -0.2) is 52.3 Å². The Morgan fingerprint density at radius 1 is 1.38 bits per heavy atom. The Morgan fingerprint density at radius 2 is 2.17 bits per heavy atom. The van der Waals surface area contributed by atoms with Gasteiger partial charge in [-0.05, 0) is 25.0 Å². The largest absolute Gasteiger partial charge is 0.453 e. The van der Waals surface area contributed by atoms with Gasteiger partial charge in [0.2, 0.25) is 5.91 Å². The monoisotopic (exact) mass is 329 g/mol. The number of pyridine rings is 1. The van der Waals surface area contributed by atoms with Crippen molar-refractivity contribution in [1.29, 1.82) is 0 Å². The van der Waals surface area contributed by atoms with Gasteiger partial charge in [-0.2, -0.15) is 5.10 Å². The zero-order valence-corrected chi connectivity index (χ0v) is 13.4. The van der Waals surface area contributed by atoms with Gasteiger partial charge >= 0.3 is 6.09 Å². The number of hydrogen-bond acceptors (Lipinski definition) is 5. The predicted molar refractivity (Wildman–Crippen MR) is 87.2 cm³/mol. The van der Waals surface area contributed by atoms with E-state index in [1.54, 1.807) is 23.4 Å². The van der Waals surface area contributed by atoms with Crippen molar-refractivity contribution in [2.75, 3.05) is 25.5 Å². The molecule has 2 aromatic heterocycles. The highest BCUT2D eigenvalue weighted by Crippen LogP contribution is 2.21. The van der Waals surface area contributed by atoms with Crippen LogP contribution in [0.2, 0.25) is 0 Å². The molecule has 0 radical (unpaired) electrons. The fourth-order valence-electron chi connectivity index (χ4n) is 2.78. The first-order valence-electron chi connectivity index (χ1n) is 7.77. The summed E-state index contributed by atoms with van der Waals surface area (Å²) < 4.78 is 4.72. The van der Waals surface area contributed by atoms with Gasteiger partial charge in [0, 0.05) is 37.1 Å². The maximum Gasteiger partial charge on any atom is 0.409 e. The van der Waals surface area contributed by atoms with Crippen LogP contribution < -0.4 is 5.32 Å². The zero-order valence-electron chi connectivity index (χ0n) is 13.4. The Kier molecular flexibility index (Phi) is 4.74. The standard InChI is InChI=1S/C16H19N5O3/c1-24-16(23)21-8-2-3-12(10-21)15(22)18-14-9-13(19-20-14)11-4-6-17-7-5-11/h4-7,9,12H,2-3,8,10H2,1H3,(H2,18,19,20,22)/t12-/m1/s1. The first-order chi connectivity index (χ1) is 11.7. The Morgan fingerprint density at radius 3 is 2.92 bits per heavy atom. The number of carbonyl (C=O) groups is 2. The molecule has 0 bridgehead atoms. The molecular weight excluding hydrogens is 310 g/mol. The normalized spacial score (nSPS) is 17.4. The Balaban J connectivity index is 1.63. The van der Waals surface area contributed by atoms with Crippen molar-refractivity contribution in [3.63, 3.8) is 0 Å². The highest BCUT2D eigenvalue weighted by molar-refractivity contribution is 5.92. The lowest BCUT2D eigenvalue weighted by Gasteiger charge is -2.30. The third kappa shape index (κ3) is 3.53. The van der Waals surface area contributed by atoms with Gasteiger partial charge < -0.3 is 15.0 Å². The number of likely N-dealkylation sites (tertiary alicyclic amines) is 1. The van der Waals surface area contributed by atoms with E-state index >= 15 is 0 Å². The Hall–Kier alpha value is -2.90. The van der Waals surface area contributed by atoms with Crippen LogP contribution in [0, 0.1) is 5.92 Å². The van der Waals surface area contributed by atoms with E-state index in [9.17, 15) is 9.59 Å². The van der Waals surface area contributed by atoms with Gasteiger partial charge in [0.1, 0.15) is 0 Å². The van der Waals surface area contributed by atoms with E-state index in [0.717, 1.165) is 24.1 Å². The van der Waals surface area contributed by atoms with Gasteiger partial charge in [-0.1, -0.05) is 0 Å². The molecule has 3 rings (SSSR count). The second-order valence-electron chi connectivity index (χ2n) is 5.65. The number of ether oxygens (including phenoxy) is 1. The SMILES string of the molecule is COC(=O)N1CCC[C@@H](C(=O)Nc2cc(-c3ccncc3)[nH]n2)C1. The second-order valence-corrected chi connectivity index (χ2v) is 5.65. The molecule has 2 amide bonds. The number of aromatic nitrogens is 3. The van der Waals surface area contributed by atoms with Crippen molar-refractivity contribution in [2.45, 2.75) is 12.8 Å². The zero-order chi connectivity index (χ0) is 16.9. The van der Waals surface area contributed by atoms with E-state index < -0.39 is 6.09 Å². The topological polar surface area (TPSA) is 100 Å². The lowest BCUT2D eigenvalue weighted by molar-refractivity contribution is -0.121. The van der Waals surface area contributed by atoms with Gasteiger partial charge in [-0.15, -0.1) is 0 Å². The lowest BCUT2D eigenvalue weighted by atomic mass is 9.97.